The molecule has 0 aromatic heterocycles. The first-order valence-corrected chi connectivity index (χ1v) is 8.37. The van der Waals surface area contributed by atoms with E-state index in [-0.39, 0.29) is 12.4 Å². The van der Waals surface area contributed by atoms with E-state index in [0.29, 0.717) is 6.10 Å². The number of benzene rings is 1. The average Bonchev–Trinajstić information content (AvgIpc) is 2.76. The minimum Gasteiger partial charge on any atom is -0.489 e. The van der Waals surface area contributed by atoms with Gasteiger partial charge in [0.05, 0.1) is 0 Å². The van der Waals surface area contributed by atoms with Crippen LogP contribution in [0.5, 0.6) is 5.75 Å². The van der Waals surface area contributed by atoms with Crippen LogP contribution in [0.1, 0.15) is 50.5 Å². The molecule has 2 nitrogen and oxygen atoms in total. The fraction of sp³-hybridized carbons (Fsp3) is 0.667. The van der Waals surface area contributed by atoms with Crippen LogP contribution in [0, 0.1) is 5.92 Å². The lowest BCUT2D eigenvalue weighted by Gasteiger charge is -2.27. The predicted molar refractivity (Wildman–Crippen MR) is 90.5 cm³/mol. The summed E-state index contributed by atoms with van der Waals surface area (Å²) in [5, 5.41) is 3.66. The van der Waals surface area contributed by atoms with E-state index in [9.17, 15) is 0 Å². The van der Waals surface area contributed by atoms with Crippen molar-refractivity contribution in [1.82, 2.24) is 5.32 Å². The van der Waals surface area contributed by atoms with Crippen molar-refractivity contribution in [1.29, 1.82) is 0 Å². The van der Waals surface area contributed by atoms with E-state index < -0.39 is 0 Å². The van der Waals surface area contributed by atoms with Crippen molar-refractivity contribution in [2.75, 3.05) is 13.1 Å². The summed E-state index contributed by atoms with van der Waals surface area (Å²) < 4.78 is 6.08. The predicted octanol–water partition coefficient (Wildman–Crippen LogP) is 4.36. The number of hydrogen-bond donors (Lipinski definition) is 1. The van der Waals surface area contributed by atoms with E-state index in [1.54, 1.807) is 0 Å². The Morgan fingerprint density at radius 2 is 1.71 bits per heavy atom. The number of fused-ring (bicyclic) bond motifs is 1. The van der Waals surface area contributed by atoms with Crippen LogP contribution in [0.2, 0.25) is 0 Å². The summed E-state index contributed by atoms with van der Waals surface area (Å²) in [6.45, 7) is 2.19. The van der Waals surface area contributed by atoms with Gasteiger partial charge in [-0.1, -0.05) is 43.9 Å². The van der Waals surface area contributed by atoms with Crippen molar-refractivity contribution in [3.8, 4) is 5.75 Å². The molecule has 1 aliphatic carbocycles. The molecule has 3 rings (SSSR count). The Labute approximate surface area is 135 Å². The smallest absolute Gasteiger partial charge is 0.122 e. The third-order valence-corrected chi connectivity index (χ3v) is 4.78. The van der Waals surface area contributed by atoms with Gasteiger partial charge in [-0.05, 0) is 49.8 Å². The minimum atomic E-state index is 0. The molecule has 1 aliphatic heterocycles. The lowest BCUT2D eigenvalue weighted by molar-refractivity contribution is 0.168. The van der Waals surface area contributed by atoms with Crippen LogP contribution >= 0.6 is 12.4 Å². The molecule has 118 valence electrons. The lowest BCUT2D eigenvalue weighted by atomic mass is 9.99. The highest BCUT2D eigenvalue weighted by molar-refractivity contribution is 5.85. The second-order valence-electron chi connectivity index (χ2n) is 6.40. The van der Waals surface area contributed by atoms with Gasteiger partial charge >= 0.3 is 0 Å². The highest BCUT2D eigenvalue weighted by atomic mass is 35.5. The Bertz CT molecular complexity index is 415. The summed E-state index contributed by atoms with van der Waals surface area (Å²) in [5.74, 6) is 1.99. The summed E-state index contributed by atoms with van der Waals surface area (Å²) in [4.78, 5) is 0. The van der Waals surface area contributed by atoms with Gasteiger partial charge in [0.15, 0.2) is 0 Å². The highest BCUT2D eigenvalue weighted by Gasteiger charge is 2.19. The standard InChI is InChI=1S/C18H27NO.ClH/c1-2-4-8-15(7-3-1)13-19-14-17-12-11-16-9-5-6-10-18(16)20-17;/h5-6,9-10,15,17,19H,1-4,7-8,11-14H2;1H. The zero-order valence-corrected chi connectivity index (χ0v) is 13.7. The van der Waals surface area contributed by atoms with Crippen molar-refractivity contribution in [2.45, 2.75) is 57.5 Å². The maximum atomic E-state index is 6.08. The zero-order chi connectivity index (χ0) is 13.6. The number of hydrogen-bond acceptors (Lipinski definition) is 2. The van der Waals surface area contributed by atoms with E-state index >= 15 is 0 Å². The van der Waals surface area contributed by atoms with Crippen LogP contribution in [-0.2, 0) is 6.42 Å². The summed E-state index contributed by atoms with van der Waals surface area (Å²) in [5.41, 5.74) is 1.37. The van der Waals surface area contributed by atoms with Crippen molar-refractivity contribution in [3.63, 3.8) is 0 Å². The third kappa shape index (κ3) is 4.89. The number of halogens is 1. The average molecular weight is 310 g/mol. The second kappa shape index (κ2) is 8.65. The Balaban J connectivity index is 0.00000161. The quantitative estimate of drug-likeness (QED) is 0.834. The molecule has 0 saturated heterocycles. The number of para-hydroxylation sites is 1. The van der Waals surface area contributed by atoms with Crippen molar-refractivity contribution in [3.05, 3.63) is 29.8 Å². The first-order chi connectivity index (χ1) is 9.92. The Morgan fingerprint density at radius 1 is 0.952 bits per heavy atom. The van der Waals surface area contributed by atoms with E-state index in [1.165, 1.54) is 50.6 Å². The van der Waals surface area contributed by atoms with Crippen LogP contribution in [0.25, 0.3) is 0 Å². The number of ether oxygens (including phenoxy) is 1. The molecular formula is C18H28ClNO. The van der Waals surface area contributed by atoms with Crippen LogP contribution in [0.3, 0.4) is 0 Å². The maximum absolute atomic E-state index is 6.08. The van der Waals surface area contributed by atoms with Crippen LogP contribution in [0.15, 0.2) is 24.3 Å². The molecule has 0 radical (unpaired) electrons. The molecular weight excluding hydrogens is 282 g/mol. The zero-order valence-electron chi connectivity index (χ0n) is 12.9. The topological polar surface area (TPSA) is 21.3 Å². The third-order valence-electron chi connectivity index (χ3n) is 4.78. The lowest BCUT2D eigenvalue weighted by Crippen LogP contribution is -2.36. The molecule has 1 aromatic carbocycles. The Morgan fingerprint density at radius 3 is 2.52 bits per heavy atom. The van der Waals surface area contributed by atoms with Crippen LogP contribution < -0.4 is 10.1 Å². The SMILES string of the molecule is Cl.c1ccc2c(c1)CCC(CNCC1CCCCCC1)O2. The molecule has 3 heteroatoms. The molecule has 1 saturated carbocycles. The Hall–Kier alpha value is -0.730. The second-order valence-corrected chi connectivity index (χ2v) is 6.40. The van der Waals surface area contributed by atoms with Gasteiger partial charge in [0.25, 0.3) is 0 Å². The van der Waals surface area contributed by atoms with Gasteiger partial charge in [-0.15, -0.1) is 12.4 Å². The minimum absolute atomic E-state index is 0. The fourth-order valence-corrected chi connectivity index (χ4v) is 3.54. The van der Waals surface area contributed by atoms with E-state index in [4.69, 9.17) is 4.74 Å². The van der Waals surface area contributed by atoms with Gasteiger partial charge < -0.3 is 10.1 Å². The normalized spacial score (nSPS) is 22.6. The molecule has 1 heterocycles. The van der Waals surface area contributed by atoms with Crippen molar-refractivity contribution in [2.24, 2.45) is 5.92 Å². The van der Waals surface area contributed by atoms with Crippen molar-refractivity contribution < 1.29 is 4.74 Å². The molecule has 0 amide bonds. The molecule has 2 aliphatic rings. The number of aryl methyl sites for hydroxylation is 1. The molecule has 1 N–H and O–H groups in total. The summed E-state index contributed by atoms with van der Waals surface area (Å²) in [7, 11) is 0. The van der Waals surface area contributed by atoms with Crippen LogP contribution in [0.4, 0.5) is 0 Å². The molecule has 0 bridgehead atoms. The number of nitrogens with one attached hydrogen (secondary N) is 1. The molecule has 1 atom stereocenters. The van der Waals surface area contributed by atoms with Gasteiger partial charge in [-0.3, -0.25) is 0 Å². The Kier molecular flexibility index (Phi) is 6.85. The van der Waals surface area contributed by atoms with Gasteiger partial charge in [0, 0.05) is 6.54 Å². The van der Waals surface area contributed by atoms with Crippen molar-refractivity contribution >= 4 is 12.4 Å². The van der Waals surface area contributed by atoms with Gasteiger partial charge in [-0.25, -0.2) is 0 Å². The largest absolute Gasteiger partial charge is 0.489 e. The first kappa shape index (κ1) is 16.6. The van der Waals surface area contributed by atoms with E-state index in [2.05, 4.69) is 29.6 Å². The summed E-state index contributed by atoms with van der Waals surface area (Å²) >= 11 is 0. The summed E-state index contributed by atoms with van der Waals surface area (Å²) in [6.07, 6.45) is 11.2. The maximum Gasteiger partial charge on any atom is 0.122 e. The monoisotopic (exact) mass is 309 g/mol. The molecule has 1 unspecified atom stereocenters. The first-order valence-electron chi connectivity index (χ1n) is 8.37. The molecule has 1 fully saturated rings. The fourth-order valence-electron chi connectivity index (χ4n) is 3.54. The number of rotatable bonds is 4. The molecule has 0 spiro atoms. The van der Waals surface area contributed by atoms with E-state index in [1.807, 2.05) is 0 Å². The van der Waals surface area contributed by atoms with E-state index in [0.717, 1.165) is 31.1 Å². The van der Waals surface area contributed by atoms with Gasteiger partial charge in [0.2, 0.25) is 0 Å². The van der Waals surface area contributed by atoms with Gasteiger partial charge in [-0.2, -0.15) is 0 Å². The highest BCUT2D eigenvalue weighted by Crippen LogP contribution is 2.27. The van der Waals surface area contributed by atoms with Gasteiger partial charge in [0.1, 0.15) is 11.9 Å². The molecule has 21 heavy (non-hydrogen) atoms. The van der Waals surface area contributed by atoms with Crippen LogP contribution in [-0.4, -0.2) is 19.2 Å². The molecule has 1 aromatic rings. The summed E-state index contributed by atoms with van der Waals surface area (Å²) in [6, 6.07) is 8.46.